The van der Waals surface area contributed by atoms with Crippen molar-refractivity contribution in [2.75, 3.05) is 30.9 Å². The second-order valence-corrected chi connectivity index (χ2v) is 4.88. The lowest BCUT2D eigenvalue weighted by Crippen LogP contribution is -2.24. The Morgan fingerprint density at radius 2 is 2.12 bits per heavy atom. The van der Waals surface area contributed by atoms with Crippen LogP contribution in [0.5, 0.6) is 11.5 Å². The molecule has 0 saturated heterocycles. The van der Waals surface area contributed by atoms with E-state index in [-0.39, 0.29) is 23.9 Å². The van der Waals surface area contributed by atoms with Crippen LogP contribution in [-0.4, -0.2) is 35.8 Å². The SMILES string of the molecule is CCOC(=O)c1c(N)nc(Nc2ccc3c(c2)OCCO3)[nH]c1=O. The van der Waals surface area contributed by atoms with E-state index >= 15 is 0 Å². The van der Waals surface area contributed by atoms with Gasteiger partial charge in [-0.25, -0.2) is 4.79 Å². The van der Waals surface area contributed by atoms with Crippen molar-refractivity contribution in [3.63, 3.8) is 0 Å². The van der Waals surface area contributed by atoms with Crippen LogP contribution in [0.2, 0.25) is 0 Å². The molecule has 0 amide bonds. The van der Waals surface area contributed by atoms with Gasteiger partial charge in [0.05, 0.1) is 6.61 Å². The van der Waals surface area contributed by atoms with Crippen molar-refractivity contribution in [1.82, 2.24) is 9.97 Å². The molecular weight excluding hydrogens is 316 g/mol. The largest absolute Gasteiger partial charge is 0.486 e. The monoisotopic (exact) mass is 332 g/mol. The molecule has 3 rings (SSSR count). The van der Waals surface area contributed by atoms with E-state index in [1.165, 1.54) is 0 Å². The number of hydrogen-bond donors (Lipinski definition) is 3. The summed E-state index contributed by atoms with van der Waals surface area (Å²) in [6.45, 7) is 2.73. The van der Waals surface area contributed by atoms with Crippen molar-refractivity contribution >= 4 is 23.4 Å². The molecule has 0 atom stereocenters. The summed E-state index contributed by atoms with van der Waals surface area (Å²) >= 11 is 0. The molecule has 0 bridgehead atoms. The lowest BCUT2D eigenvalue weighted by Gasteiger charge is -2.19. The van der Waals surface area contributed by atoms with Crippen LogP contribution in [0.1, 0.15) is 17.3 Å². The van der Waals surface area contributed by atoms with E-state index in [9.17, 15) is 9.59 Å². The number of carbonyl (C=O) groups is 1. The number of ether oxygens (including phenoxy) is 3. The van der Waals surface area contributed by atoms with E-state index in [4.69, 9.17) is 19.9 Å². The maximum Gasteiger partial charge on any atom is 0.347 e. The Bertz CT molecular complexity index is 833. The van der Waals surface area contributed by atoms with E-state index in [0.29, 0.717) is 30.4 Å². The van der Waals surface area contributed by atoms with E-state index in [2.05, 4.69) is 15.3 Å². The van der Waals surface area contributed by atoms with Gasteiger partial charge in [0.15, 0.2) is 17.1 Å². The highest BCUT2D eigenvalue weighted by atomic mass is 16.6. The molecule has 1 aliphatic rings. The molecule has 24 heavy (non-hydrogen) atoms. The van der Waals surface area contributed by atoms with Gasteiger partial charge in [-0.2, -0.15) is 4.98 Å². The minimum absolute atomic E-state index is 0.0993. The highest BCUT2D eigenvalue weighted by Gasteiger charge is 2.19. The van der Waals surface area contributed by atoms with Gasteiger partial charge in [-0.3, -0.25) is 9.78 Å². The highest BCUT2D eigenvalue weighted by Crippen LogP contribution is 2.33. The van der Waals surface area contributed by atoms with Crippen molar-refractivity contribution in [1.29, 1.82) is 0 Å². The Hall–Kier alpha value is -3.23. The summed E-state index contributed by atoms with van der Waals surface area (Å²) in [4.78, 5) is 30.2. The van der Waals surface area contributed by atoms with Crippen molar-refractivity contribution in [2.45, 2.75) is 6.92 Å². The van der Waals surface area contributed by atoms with E-state index in [1.807, 2.05) is 0 Å². The molecule has 1 aromatic heterocycles. The van der Waals surface area contributed by atoms with Crippen LogP contribution >= 0.6 is 0 Å². The molecule has 0 fully saturated rings. The molecule has 0 unspecified atom stereocenters. The third-order valence-electron chi connectivity index (χ3n) is 3.23. The molecule has 2 heterocycles. The predicted molar refractivity (Wildman–Crippen MR) is 85.9 cm³/mol. The smallest absolute Gasteiger partial charge is 0.347 e. The van der Waals surface area contributed by atoms with Crippen LogP contribution < -0.4 is 26.1 Å². The minimum atomic E-state index is -0.811. The molecule has 0 aliphatic carbocycles. The van der Waals surface area contributed by atoms with Crippen LogP contribution in [0.4, 0.5) is 17.5 Å². The van der Waals surface area contributed by atoms with Crippen molar-refractivity contribution in [2.24, 2.45) is 0 Å². The number of aromatic amines is 1. The van der Waals surface area contributed by atoms with Gasteiger partial charge in [-0.1, -0.05) is 0 Å². The molecule has 1 aromatic carbocycles. The van der Waals surface area contributed by atoms with Gasteiger partial charge >= 0.3 is 5.97 Å². The molecule has 1 aliphatic heterocycles. The first kappa shape index (κ1) is 15.7. The average Bonchev–Trinajstić information content (AvgIpc) is 2.54. The normalized spacial score (nSPS) is 12.5. The Balaban J connectivity index is 1.86. The Kier molecular flexibility index (Phi) is 4.23. The van der Waals surface area contributed by atoms with Crippen LogP contribution in [0.25, 0.3) is 0 Å². The molecule has 2 aromatic rings. The summed E-state index contributed by atoms with van der Waals surface area (Å²) in [7, 11) is 0. The second-order valence-electron chi connectivity index (χ2n) is 4.88. The maximum absolute atomic E-state index is 12.0. The average molecular weight is 332 g/mol. The third kappa shape index (κ3) is 3.09. The number of hydrogen-bond acceptors (Lipinski definition) is 8. The number of carbonyl (C=O) groups excluding carboxylic acids is 1. The molecule has 126 valence electrons. The minimum Gasteiger partial charge on any atom is -0.486 e. The summed E-state index contributed by atoms with van der Waals surface area (Å²) in [5, 5.41) is 2.90. The quantitative estimate of drug-likeness (QED) is 0.708. The van der Waals surface area contributed by atoms with Gasteiger partial charge in [-0.05, 0) is 19.1 Å². The fourth-order valence-electron chi connectivity index (χ4n) is 2.21. The molecule has 9 heteroatoms. The molecule has 4 N–H and O–H groups in total. The Labute approximate surface area is 136 Å². The second kappa shape index (κ2) is 6.49. The molecule has 0 saturated carbocycles. The number of aromatic nitrogens is 2. The van der Waals surface area contributed by atoms with Gasteiger partial charge in [0.25, 0.3) is 5.56 Å². The first-order valence-electron chi connectivity index (χ1n) is 7.32. The number of esters is 1. The fourth-order valence-corrected chi connectivity index (χ4v) is 2.21. The number of nitrogens with zero attached hydrogens (tertiary/aromatic N) is 1. The van der Waals surface area contributed by atoms with Crippen molar-refractivity contribution in [3.05, 3.63) is 34.1 Å². The van der Waals surface area contributed by atoms with Crippen LogP contribution in [-0.2, 0) is 4.74 Å². The lowest BCUT2D eigenvalue weighted by atomic mass is 10.2. The number of nitrogens with one attached hydrogen (secondary N) is 2. The van der Waals surface area contributed by atoms with Gasteiger partial charge in [0.1, 0.15) is 19.0 Å². The van der Waals surface area contributed by atoms with E-state index in [1.54, 1.807) is 25.1 Å². The van der Waals surface area contributed by atoms with Crippen LogP contribution in [0.3, 0.4) is 0 Å². The summed E-state index contributed by atoms with van der Waals surface area (Å²) in [6, 6.07) is 5.19. The molecule has 9 nitrogen and oxygen atoms in total. The predicted octanol–water partition coefficient (Wildman–Crippen LogP) is 1.04. The number of nitrogens with two attached hydrogens (primary N) is 1. The van der Waals surface area contributed by atoms with Gasteiger partial charge in [0, 0.05) is 11.8 Å². The van der Waals surface area contributed by atoms with Gasteiger partial charge in [0.2, 0.25) is 5.95 Å². The van der Waals surface area contributed by atoms with Gasteiger partial charge < -0.3 is 25.3 Å². The number of benzene rings is 1. The highest BCUT2D eigenvalue weighted by molar-refractivity contribution is 5.93. The zero-order valence-corrected chi connectivity index (χ0v) is 12.9. The number of H-pyrrole nitrogens is 1. The molecule has 0 radical (unpaired) electrons. The first-order chi connectivity index (χ1) is 11.6. The first-order valence-corrected chi connectivity index (χ1v) is 7.32. The summed E-state index contributed by atoms with van der Waals surface area (Å²) in [6.07, 6.45) is 0. The summed E-state index contributed by atoms with van der Waals surface area (Å²) < 4.78 is 15.7. The standard InChI is InChI=1S/C15H16N4O5/c1-2-22-14(21)11-12(16)18-15(19-13(11)20)17-8-3-4-9-10(7-8)24-6-5-23-9/h3-4,7H,2,5-6H2,1H3,(H4,16,17,18,19,20). The Morgan fingerprint density at radius 1 is 1.38 bits per heavy atom. The molecule has 0 spiro atoms. The number of fused-ring (bicyclic) bond motifs is 1. The van der Waals surface area contributed by atoms with Crippen molar-refractivity contribution < 1.29 is 19.0 Å². The van der Waals surface area contributed by atoms with E-state index < -0.39 is 11.5 Å². The van der Waals surface area contributed by atoms with Gasteiger partial charge in [-0.15, -0.1) is 0 Å². The zero-order valence-electron chi connectivity index (χ0n) is 12.9. The maximum atomic E-state index is 12.0. The fraction of sp³-hybridized carbons (Fsp3) is 0.267. The number of nitrogen functional groups attached to an aromatic ring is 1. The third-order valence-corrected chi connectivity index (χ3v) is 3.23. The number of rotatable bonds is 4. The topological polar surface area (TPSA) is 129 Å². The van der Waals surface area contributed by atoms with Crippen LogP contribution in [0, 0.1) is 0 Å². The van der Waals surface area contributed by atoms with Crippen LogP contribution in [0.15, 0.2) is 23.0 Å². The summed E-state index contributed by atoms with van der Waals surface area (Å²) in [5.74, 6) is 0.309. The molecular formula is C15H16N4O5. The Morgan fingerprint density at radius 3 is 2.83 bits per heavy atom. The zero-order chi connectivity index (χ0) is 17.1. The summed E-state index contributed by atoms with van der Waals surface area (Å²) in [5.41, 5.74) is 5.32. The lowest BCUT2D eigenvalue weighted by molar-refractivity contribution is 0.0525. The van der Waals surface area contributed by atoms with Crippen molar-refractivity contribution in [3.8, 4) is 11.5 Å². The number of anilines is 3. The van der Waals surface area contributed by atoms with E-state index in [0.717, 1.165) is 0 Å².